The van der Waals surface area contributed by atoms with Crippen LogP contribution in [0.1, 0.15) is 37.3 Å². The van der Waals surface area contributed by atoms with Gasteiger partial charge >= 0.3 is 5.97 Å². The summed E-state index contributed by atoms with van der Waals surface area (Å²) in [4.78, 5) is 11.2. The van der Waals surface area contributed by atoms with E-state index in [1.807, 2.05) is 6.07 Å². The van der Waals surface area contributed by atoms with E-state index in [2.05, 4.69) is 17.4 Å². The van der Waals surface area contributed by atoms with Crippen molar-refractivity contribution in [2.45, 2.75) is 44.6 Å². The zero-order valence-corrected chi connectivity index (χ0v) is 12.2. The van der Waals surface area contributed by atoms with Crippen LogP contribution < -0.4 is 10.1 Å². The molecule has 0 bridgehead atoms. The lowest BCUT2D eigenvalue weighted by Gasteiger charge is -2.24. The van der Waals surface area contributed by atoms with E-state index >= 15 is 0 Å². The summed E-state index contributed by atoms with van der Waals surface area (Å²) in [7, 11) is 1.66. The second-order valence-electron chi connectivity index (χ2n) is 5.62. The van der Waals surface area contributed by atoms with Gasteiger partial charge in [0.25, 0.3) is 0 Å². The third-order valence-electron chi connectivity index (χ3n) is 4.21. The van der Waals surface area contributed by atoms with Crippen LogP contribution in [0.25, 0.3) is 0 Å². The number of hydrogen-bond acceptors (Lipinski definition) is 3. The first-order chi connectivity index (χ1) is 9.55. The molecule has 1 aliphatic carbocycles. The van der Waals surface area contributed by atoms with Gasteiger partial charge in [-0.05, 0) is 62.9 Å². The Labute approximate surface area is 120 Å². The Morgan fingerprint density at radius 1 is 1.35 bits per heavy atom. The zero-order valence-electron chi connectivity index (χ0n) is 12.2. The lowest BCUT2D eigenvalue weighted by Crippen LogP contribution is -2.48. The number of nitrogens with one attached hydrogen (secondary N) is 1. The van der Waals surface area contributed by atoms with Crippen molar-refractivity contribution >= 4 is 5.97 Å². The van der Waals surface area contributed by atoms with Crippen LogP contribution in [-0.4, -0.2) is 30.3 Å². The number of benzene rings is 1. The summed E-state index contributed by atoms with van der Waals surface area (Å²) in [6, 6.07) is 6.23. The first kappa shape index (κ1) is 14.9. The summed E-state index contributed by atoms with van der Waals surface area (Å²) >= 11 is 0. The molecule has 20 heavy (non-hydrogen) atoms. The molecule has 0 fully saturated rings. The molecule has 0 amide bonds. The summed E-state index contributed by atoms with van der Waals surface area (Å²) in [5.41, 5.74) is 1.87. The van der Waals surface area contributed by atoms with E-state index in [9.17, 15) is 4.79 Å². The average Bonchev–Trinajstić information content (AvgIpc) is 2.46. The van der Waals surface area contributed by atoms with Gasteiger partial charge in [-0.1, -0.05) is 6.07 Å². The Morgan fingerprint density at radius 3 is 2.70 bits per heavy atom. The molecule has 1 aromatic rings. The summed E-state index contributed by atoms with van der Waals surface area (Å²) in [5.74, 6) is -0.0106. The maximum Gasteiger partial charge on any atom is 0.323 e. The van der Waals surface area contributed by atoms with Gasteiger partial charge in [0.2, 0.25) is 0 Å². The van der Waals surface area contributed by atoms with Gasteiger partial charge in [-0.3, -0.25) is 4.79 Å². The largest absolute Gasteiger partial charge is 0.493 e. The van der Waals surface area contributed by atoms with E-state index in [4.69, 9.17) is 9.84 Å². The zero-order chi connectivity index (χ0) is 14.6. The maximum absolute atomic E-state index is 11.2. The molecule has 2 N–H and O–H groups in total. The fourth-order valence-corrected chi connectivity index (χ4v) is 2.51. The molecular formula is C16H23NO3. The number of aryl methyl sites for hydroxylation is 2. The number of aliphatic carboxylic acids is 1. The SMILES string of the molecule is CNC(C)(CCOc1ccc2c(c1)CCCC2)C(=O)O. The van der Waals surface area contributed by atoms with Crippen LogP contribution in [0.2, 0.25) is 0 Å². The molecule has 0 spiro atoms. The second-order valence-corrected chi connectivity index (χ2v) is 5.62. The van der Waals surface area contributed by atoms with Crippen LogP contribution in [0.4, 0.5) is 0 Å². The molecule has 2 rings (SSSR count). The van der Waals surface area contributed by atoms with Crippen molar-refractivity contribution in [3.8, 4) is 5.75 Å². The van der Waals surface area contributed by atoms with E-state index in [0.29, 0.717) is 13.0 Å². The van der Waals surface area contributed by atoms with Gasteiger partial charge in [0.15, 0.2) is 0 Å². The Bertz CT molecular complexity index is 487. The van der Waals surface area contributed by atoms with Gasteiger partial charge in [-0.2, -0.15) is 0 Å². The van der Waals surface area contributed by atoms with Crippen LogP contribution in [0.3, 0.4) is 0 Å². The molecule has 110 valence electrons. The monoisotopic (exact) mass is 277 g/mol. The number of carbonyl (C=O) groups is 1. The predicted octanol–water partition coefficient (Wildman–Crippen LogP) is 2.40. The summed E-state index contributed by atoms with van der Waals surface area (Å²) in [6.45, 7) is 2.06. The Morgan fingerprint density at radius 2 is 2.05 bits per heavy atom. The van der Waals surface area contributed by atoms with Crippen molar-refractivity contribution in [2.75, 3.05) is 13.7 Å². The standard InChI is InChI=1S/C16H23NO3/c1-16(17-2,15(18)19)9-10-20-14-8-7-12-5-3-4-6-13(12)11-14/h7-8,11,17H,3-6,9-10H2,1-2H3,(H,18,19). The first-order valence-electron chi connectivity index (χ1n) is 7.22. The normalized spacial score (nSPS) is 17.1. The van der Waals surface area contributed by atoms with Crippen molar-refractivity contribution in [3.63, 3.8) is 0 Å². The minimum Gasteiger partial charge on any atom is -0.493 e. The van der Waals surface area contributed by atoms with Crippen LogP contribution in [0, 0.1) is 0 Å². The average molecular weight is 277 g/mol. The van der Waals surface area contributed by atoms with Crippen LogP contribution in [0.15, 0.2) is 18.2 Å². The fraction of sp³-hybridized carbons (Fsp3) is 0.562. The van der Waals surface area contributed by atoms with Crippen molar-refractivity contribution in [1.29, 1.82) is 0 Å². The molecule has 1 aromatic carbocycles. The van der Waals surface area contributed by atoms with E-state index < -0.39 is 11.5 Å². The summed E-state index contributed by atoms with van der Waals surface area (Å²) in [6.07, 6.45) is 5.22. The molecule has 1 atom stereocenters. The molecule has 4 nitrogen and oxygen atoms in total. The Balaban J connectivity index is 1.93. The van der Waals surface area contributed by atoms with Crippen LogP contribution in [-0.2, 0) is 17.6 Å². The number of rotatable bonds is 6. The number of ether oxygens (including phenoxy) is 1. The van der Waals surface area contributed by atoms with Crippen molar-refractivity contribution in [3.05, 3.63) is 29.3 Å². The van der Waals surface area contributed by atoms with Gasteiger partial charge < -0.3 is 15.2 Å². The topological polar surface area (TPSA) is 58.6 Å². The highest BCUT2D eigenvalue weighted by atomic mass is 16.5. The molecular weight excluding hydrogens is 254 g/mol. The van der Waals surface area contributed by atoms with Crippen molar-refractivity contribution in [1.82, 2.24) is 5.32 Å². The fourth-order valence-electron chi connectivity index (χ4n) is 2.51. The smallest absolute Gasteiger partial charge is 0.323 e. The highest BCUT2D eigenvalue weighted by molar-refractivity contribution is 5.78. The maximum atomic E-state index is 11.2. The van der Waals surface area contributed by atoms with Crippen LogP contribution in [0.5, 0.6) is 5.75 Å². The van der Waals surface area contributed by atoms with E-state index in [0.717, 1.165) is 18.6 Å². The minimum atomic E-state index is -0.936. The van der Waals surface area contributed by atoms with Gasteiger partial charge in [0, 0.05) is 6.42 Å². The number of carboxylic acid groups (broad SMARTS) is 1. The lowest BCUT2D eigenvalue weighted by atomic mass is 9.92. The number of carboxylic acids is 1. The molecule has 0 heterocycles. The highest BCUT2D eigenvalue weighted by Crippen LogP contribution is 2.25. The Kier molecular flexibility index (Phi) is 4.65. The second kappa shape index (κ2) is 6.27. The Hall–Kier alpha value is -1.55. The van der Waals surface area contributed by atoms with Crippen molar-refractivity contribution < 1.29 is 14.6 Å². The molecule has 0 radical (unpaired) electrons. The summed E-state index contributed by atoms with van der Waals surface area (Å²) in [5, 5.41) is 12.0. The van der Waals surface area contributed by atoms with Gasteiger partial charge in [0.05, 0.1) is 6.61 Å². The molecule has 0 saturated heterocycles. The quantitative estimate of drug-likeness (QED) is 0.838. The number of likely N-dealkylation sites (N-methyl/N-ethyl adjacent to an activating group) is 1. The molecule has 1 aliphatic rings. The first-order valence-corrected chi connectivity index (χ1v) is 7.22. The third kappa shape index (κ3) is 3.31. The highest BCUT2D eigenvalue weighted by Gasteiger charge is 2.30. The molecule has 4 heteroatoms. The van der Waals surface area contributed by atoms with Gasteiger partial charge in [-0.25, -0.2) is 0 Å². The van der Waals surface area contributed by atoms with Crippen LogP contribution >= 0.6 is 0 Å². The molecule has 0 saturated carbocycles. The van der Waals surface area contributed by atoms with E-state index in [1.165, 1.54) is 24.0 Å². The van der Waals surface area contributed by atoms with Gasteiger partial charge in [-0.15, -0.1) is 0 Å². The molecule has 1 unspecified atom stereocenters. The van der Waals surface area contributed by atoms with E-state index in [-0.39, 0.29) is 0 Å². The minimum absolute atomic E-state index is 0.391. The van der Waals surface area contributed by atoms with Gasteiger partial charge in [0.1, 0.15) is 11.3 Å². The number of hydrogen-bond donors (Lipinski definition) is 2. The molecule has 0 aliphatic heterocycles. The number of fused-ring (bicyclic) bond motifs is 1. The lowest BCUT2D eigenvalue weighted by molar-refractivity contribution is -0.144. The van der Waals surface area contributed by atoms with Crippen molar-refractivity contribution in [2.24, 2.45) is 0 Å². The molecule has 0 aromatic heterocycles. The summed E-state index contributed by atoms with van der Waals surface area (Å²) < 4.78 is 5.72. The predicted molar refractivity (Wildman–Crippen MR) is 78.3 cm³/mol. The third-order valence-corrected chi connectivity index (χ3v) is 4.21. The van der Waals surface area contributed by atoms with E-state index in [1.54, 1.807) is 14.0 Å².